The van der Waals surface area contributed by atoms with Gasteiger partial charge in [0.25, 0.3) is 5.91 Å². The lowest BCUT2D eigenvalue weighted by atomic mass is 10.1. The number of ether oxygens (including phenoxy) is 1. The van der Waals surface area contributed by atoms with E-state index in [9.17, 15) is 22.0 Å². The number of rotatable bonds is 9. The summed E-state index contributed by atoms with van der Waals surface area (Å²) in [6, 6.07) is 7.09. The summed E-state index contributed by atoms with van der Waals surface area (Å²) >= 11 is 0. The number of carbonyl (C=O) groups excluding carboxylic acids is 1. The van der Waals surface area contributed by atoms with Gasteiger partial charge in [-0.25, -0.2) is 21.9 Å². The summed E-state index contributed by atoms with van der Waals surface area (Å²) < 4.78 is 61.4. The van der Waals surface area contributed by atoms with Crippen molar-refractivity contribution >= 4 is 28.0 Å². The quantitative estimate of drug-likeness (QED) is 0.286. The van der Waals surface area contributed by atoms with Gasteiger partial charge in [0.1, 0.15) is 5.75 Å². The predicted octanol–water partition coefficient (Wildman–Crippen LogP) is 3.28. The van der Waals surface area contributed by atoms with Gasteiger partial charge in [0, 0.05) is 12.1 Å². The van der Waals surface area contributed by atoms with E-state index in [1.54, 1.807) is 0 Å². The monoisotopic (exact) mass is 480 g/mol. The van der Waals surface area contributed by atoms with Crippen molar-refractivity contribution in [3.05, 3.63) is 59.2 Å². The van der Waals surface area contributed by atoms with Crippen molar-refractivity contribution in [1.29, 1.82) is 0 Å². The largest absolute Gasteiger partial charge is 0.451 e. The number of carbonyl (C=O) groups is 1. The zero-order valence-electron chi connectivity index (χ0n) is 18.4. The molecule has 0 aliphatic heterocycles. The van der Waals surface area contributed by atoms with Gasteiger partial charge in [-0.1, -0.05) is 20.3 Å². The van der Waals surface area contributed by atoms with E-state index in [2.05, 4.69) is 9.71 Å². The van der Waals surface area contributed by atoms with Crippen molar-refractivity contribution in [1.82, 2.24) is 4.72 Å². The Bertz CT molecular complexity index is 1150. The highest BCUT2D eigenvalue weighted by atomic mass is 32.2. The average molecular weight is 481 g/mol. The predicted molar refractivity (Wildman–Crippen MR) is 122 cm³/mol. The molecule has 2 rings (SSSR count). The number of hydrogen-bond acceptors (Lipinski definition) is 4. The maximum absolute atomic E-state index is 14.5. The molecular weight excluding hydrogens is 454 g/mol. The van der Waals surface area contributed by atoms with E-state index in [-0.39, 0.29) is 27.7 Å². The lowest BCUT2D eigenvalue weighted by Gasteiger charge is -2.12. The molecule has 33 heavy (non-hydrogen) atoms. The van der Waals surface area contributed by atoms with Gasteiger partial charge >= 0.3 is 0 Å². The van der Waals surface area contributed by atoms with Gasteiger partial charge in [-0.2, -0.15) is 4.99 Å². The number of guanidine groups is 1. The topological polar surface area (TPSA) is 137 Å². The molecule has 1 unspecified atom stereocenters. The van der Waals surface area contributed by atoms with E-state index < -0.39 is 39.3 Å². The van der Waals surface area contributed by atoms with Crippen LogP contribution in [0.25, 0.3) is 6.08 Å². The molecular formula is C22H26F2N4O4S. The Balaban J connectivity index is 2.20. The standard InChI is InChI=1S/C22H26F2N4O4S/c1-4-13(2)12-27-33(30,31)17-7-5-16(6-8-17)32-20-18(23)10-15(11-19(20)24)9-14(3)21(29)28-22(25)26/h5-11,13,27H,4,12H2,1-3H3,(H4,25,26,28,29)/b14-9+. The molecule has 0 spiro atoms. The van der Waals surface area contributed by atoms with Crippen molar-refractivity contribution in [3.63, 3.8) is 0 Å². The van der Waals surface area contributed by atoms with Crippen LogP contribution in [0, 0.1) is 17.6 Å². The van der Waals surface area contributed by atoms with Gasteiger partial charge in [-0.05, 0) is 60.9 Å². The number of nitrogens with zero attached hydrogens (tertiary/aromatic N) is 1. The first-order valence-corrected chi connectivity index (χ1v) is 11.5. The zero-order chi connectivity index (χ0) is 24.8. The molecule has 0 heterocycles. The molecule has 0 aliphatic rings. The molecule has 0 saturated carbocycles. The summed E-state index contributed by atoms with van der Waals surface area (Å²) in [6.45, 7) is 5.57. The van der Waals surface area contributed by atoms with Crippen molar-refractivity contribution in [2.45, 2.75) is 32.1 Å². The van der Waals surface area contributed by atoms with Crippen LogP contribution in [0.4, 0.5) is 8.78 Å². The second-order valence-corrected chi connectivity index (χ2v) is 9.19. The molecule has 2 aromatic carbocycles. The lowest BCUT2D eigenvalue weighted by Crippen LogP contribution is -2.28. The SMILES string of the molecule is CCC(C)CNS(=O)(=O)c1ccc(Oc2c(F)cc(/C=C(\C)C(=O)N=C(N)N)cc2F)cc1. The molecule has 0 bridgehead atoms. The van der Waals surface area contributed by atoms with Crippen molar-refractivity contribution in [2.75, 3.05) is 6.54 Å². The van der Waals surface area contributed by atoms with Crippen molar-refractivity contribution < 1.29 is 26.7 Å². The Morgan fingerprint density at radius 1 is 1.18 bits per heavy atom. The van der Waals surface area contributed by atoms with E-state index >= 15 is 0 Å². The molecule has 178 valence electrons. The Hall–Kier alpha value is -3.31. The number of amides is 1. The van der Waals surface area contributed by atoms with Crippen molar-refractivity contribution in [2.24, 2.45) is 22.4 Å². The Morgan fingerprint density at radius 3 is 2.27 bits per heavy atom. The summed E-state index contributed by atoms with van der Waals surface area (Å²) in [5, 5.41) is 0. The number of sulfonamides is 1. The second-order valence-electron chi connectivity index (χ2n) is 7.42. The third kappa shape index (κ3) is 7.36. The number of nitrogens with two attached hydrogens (primary N) is 2. The third-order valence-corrected chi connectivity index (χ3v) is 6.08. The molecule has 11 heteroatoms. The van der Waals surface area contributed by atoms with E-state index in [1.165, 1.54) is 37.3 Å². The summed E-state index contributed by atoms with van der Waals surface area (Å²) in [7, 11) is -3.72. The Kier molecular flexibility index (Phi) is 8.66. The number of hydrogen-bond donors (Lipinski definition) is 3. The first-order valence-electron chi connectivity index (χ1n) is 10.0. The number of benzene rings is 2. The van der Waals surface area contributed by atoms with Gasteiger partial charge in [0.15, 0.2) is 23.3 Å². The minimum atomic E-state index is -3.72. The molecule has 5 N–H and O–H groups in total. The Labute approximate surface area is 191 Å². The summed E-state index contributed by atoms with van der Waals surface area (Å²) in [5.74, 6) is -3.67. The highest BCUT2D eigenvalue weighted by Crippen LogP contribution is 2.30. The molecule has 0 saturated heterocycles. The first-order chi connectivity index (χ1) is 15.4. The number of aliphatic imine (C=N–C) groups is 1. The highest BCUT2D eigenvalue weighted by Gasteiger charge is 2.17. The van der Waals surface area contributed by atoms with Gasteiger partial charge < -0.3 is 16.2 Å². The van der Waals surface area contributed by atoms with Crippen LogP contribution in [0.15, 0.2) is 51.9 Å². The maximum Gasteiger partial charge on any atom is 0.275 e. The van der Waals surface area contributed by atoms with E-state index in [1.807, 2.05) is 13.8 Å². The van der Waals surface area contributed by atoms with Crippen LogP contribution in [0.2, 0.25) is 0 Å². The zero-order valence-corrected chi connectivity index (χ0v) is 19.2. The smallest absolute Gasteiger partial charge is 0.275 e. The molecule has 1 amide bonds. The molecule has 0 radical (unpaired) electrons. The molecule has 0 aromatic heterocycles. The van der Waals surface area contributed by atoms with Gasteiger partial charge in [-0.15, -0.1) is 0 Å². The van der Waals surface area contributed by atoms with Gasteiger partial charge in [-0.3, -0.25) is 4.79 Å². The van der Waals surface area contributed by atoms with Crippen LogP contribution in [0.5, 0.6) is 11.5 Å². The van der Waals surface area contributed by atoms with Crippen molar-refractivity contribution in [3.8, 4) is 11.5 Å². The van der Waals surface area contributed by atoms with Gasteiger partial charge in [0.2, 0.25) is 10.0 Å². The van der Waals surface area contributed by atoms with Crippen LogP contribution >= 0.6 is 0 Å². The first kappa shape index (κ1) is 25.9. The van der Waals surface area contributed by atoms with Crippen LogP contribution in [-0.2, 0) is 14.8 Å². The fourth-order valence-corrected chi connectivity index (χ4v) is 3.73. The van der Waals surface area contributed by atoms with Crippen LogP contribution in [0.1, 0.15) is 32.8 Å². The van der Waals surface area contributed by atoms with Crippen LogP contribution in [0.3, 0.4) is 0 Å². The molecule has 2 aromatic rings. The van der Waals surface area contributed by atoms with Crippen LogP contribution < -0.4 is 20.9 Å². The summed E-state index contributed by atoms with van der Waals surface area (Å²) in [4.78, 5) is 15.1. The molecule has 8 nitrogen and oxygen atoms in total. The summed E-state index contributed by atoms with van der Waals surface area (Å²) in [6.07, 6.45) is 2.05. The number of halogens is 2. The summed E-state index contributed by atoms with van der Waals surface area (Å²) in [5.41, 5.74) is 10.4. The Morgan fingerprint density at radius 2 is 1.76 bits per heavy atom. The lowest BCUT2D eigenvalue weighted by molar-refractivity contribution is -0.114. The molecule has 0 fully saturated rings. The highest BCUT2D eigenvalue weighted by molar-refractivity contribution is 7.89. The fourth-order valence-electron chi connectivity index (χ4n) is 2.56. The number of nitrogens with one attached hydrogen (secondary N) is 1. The van der Waals surface area contributed by atoms with Gasteiger partial charge in [0.05, 0.1) is 4.90 Å². The minimum Gasteiger partial charge on any atom is -0.451 e. The van der Waals surface area contributed by atoms with Crippen LogP contribution in [-0.4, -0.2) is 26.8 Å². The van der Waals surface area contributed by atoms with E-state index in [0.717, 1.165) is 18.6 Å². The maximum atomic E-state index is 14.5. The minimum absolute atomic E-state index is 0.000463. The normalized spacial score (nSPS) is 12.8. The van der Waals surface area contributed by atoms with E-state index in [0.29, 0.717) is 6.54 Å². The molecule has 1 atom stereocenters. The average Bonchev–Trinajstić information content (AvgIpc) is 2.74. The second kappa shape index (κ2) is 11.0. The molecule has 0 aliphatic carbocycles. The third-order valence-electron chi connectivity index (χ3n) is 4.64. The fraction of sp³-hybridized carbons (Fsp3) is 0.273. The van der Waals surface area contributed by atoms with E-state index in [4.69, 9.17) is 16.2 Å².